The van der Waals surface area contributed by atoms with Crippen molar-refractivity contribution in [3.8, 4) is 0 Å². The highest BCUT2D eigenvalue weighted by atomic mass is 35.5. The lowest BCUT2D eigenvalue weighted by atomic mass is 9.83. The van der Waals surface area contributed by atoms with Crippen LogP contribution in [0, 0.1) is 5.41 Å². The Hall–Kier alpha value is -0.580. The topological polar surface area (TPSA) is 39.1 Å². The molecule has 19 heavy (non-hydrogen) atoms. The van der Waals surface area contributed by atoms with Crippen molar-refractivity contribution in [2.24, 2.45) is 5.41 Å². The van der Waals surface area contributed by atoms with E-state index in [1.54, 1.807) is 13.3 Å². The number of aryl methyl sites for hydroxylation is 1. The van der Waals surface area contributed by atoms with Crippen molar-refractivity contribution >= 4 is 11.6 Å². The number of methoxy groups -OCH3 is 1. The molecule has 0 aliphatic carbocycles. The molecule has 110 valence electrons. The summed E-state index contributed by atoms with van der Waals surface area (Å²) in [5, 5.41) is 8.51. The Labute approximate surface area is 121 Å². The van der Waals surface area contributed by atoms with Crippen LogP contribution in [0.4, 0.5) is 0 Å². The van der Waals surface area contributed by atoms with Crippen molar-refractivity contribution in [1.82, 2.24) is 15.1 Å². The van der Waals surface area contributed by atoms with Gasteiger partial charge in [0, 0.05) is 13.7 Å². The molecular formula is C14H26ClN3O. The van der Waals surface area contributed by atoms with Gasteiger partial charge in [-0.05, 0) is 18.9 Å². The molecule has 1 rings (SSSR count). The summed E-state index contributed by atoms with van der Waals surface area (Å²) in [6.07, 6.45) is 1.73. The molecule has 0 radical (unpaired) electrons. The lowest BCUT2D eigenvalue weighted by Gasteiger charge is -2.36. The first-order valence-corrected chi connectivity index (χ1v) is 7.21. The smallest absolute Gasteiger partial charge is 0.0835 e. The van der Waals surface area contributed by atoms with Crippen LogP contribution in [0.1, 0.15) is 46.4 Å². The second-order valence-corrected chi connectivity index (χ2v) is 6.16. The average molecular weight is 288 g/mol. The van der Waals surface area contributed by atoms with Crippen LogP contribution in [0.15, 0.2) is 6.20 Å². The van der Waals surface area contributed by atoms with E-state index in [4.69, 9.17) is 16.3 Å². The number of ether oxygens (including phenoxy) is 1. The SMILES string of the molecule is CCNC(c1c(Cl)cnn1CC)C(OC)C(C)(C)C. The molecule has 0 amide bonds. The zero-order valence-electron chi connectivity index (χ0n) is 12.8. The van der Waals surface area contributed by atoms with Crippen LogP contribution >= 0.6 is 11.6 Å². The summed E-state index contributed by atoms with van der Waals surface area (Å²) in [4.78, 5) is 0. The molecule has 5 heteroatoms. The zero-order chi connectivity index (χ0) is 14.6. The second kappa shape index (κ2) is 6.73. The van der Waals surface area contributed by atoms with Crippen LogP contribution in [0.25, 0.3) is 0 Å². The van der Waals surface area contributed by atoms with Gasteiger partial charge in [0.1, 0.15) is 0 Å². The Balaban J connectivity index is 3.22. The summed E-state index contributed by atoms with van der Waals surface area (Å²) < 4.78 is 7.68. The molecule has 1 aromatic rings. The van der Waals surface area contributed by atoms with E-state index in [1.807, 2.05) is 4.68 Å². The fourth-order valence-corrected chi connectivity index (χ4v) is 2.75. The number of rotatable bonds is 6. The van der Waals surface area contributed by atoms with Gasteiger partial charge < -0.3 is 10.1 Å². The van der Waals surface area contributed by atoms with Gasteiger partial charge in [-0.25, -0.2) is 0 Å². The Bertz CT molecular complexity index is 398. The molecular weight excluding hydrogens is 262 g/mol. The highest BCUT2D eigenvalue weighted by Crippen LogP contribution is 2.35. The number of likely N-dealkylation sites (N-methyl/N-ethyl adjacent to an activating group) is 1. The number of halogens is 1. The average Bonchev–Trinajstić information content (AvgIpc) is 2.68. The molecule has 1 heterocycles. The molecule has 1 N–H and O–H groups in total. The van der Waals surface area contributed by atoms with Crippen LogP contribution in [0.2, 0.25) is 5.02 Å². The van der Waals surface area contributed by atoms with Crippen molar-refractivity contribution in [2.45, 2.75) is 53.3 Å². The first kappa shape index (κ1) is 16.5. The first-order valence-electron chi connectivity index (χ1n) is 6.84. The number of hydrogen-bond donors (Lipinski definition) is 1. The maximum atomic E-state index is 6.33. The summed E-state index contributed by atoms with van der Waals surface area (Å²) in [5.41, 5.74) is 1.01. The second-order valence-electron chi connectivity index (χ2n) is 5.75. The summed E-state index contributed by atoms with van der Waals surface area (Å²) in [6.45, 7) is 12.3. The van der Waals surface area contributed by atoms with Crippen molar-refractivity contribution < 1.29 is 4.74 Å². The highest BCUT2D eigenvalue weighted by Gasteiger charge is 2.35. The van der Waals surface area contributed by atoms with Crippen LogP contribution in [-0.2, 0) is 11.3 Å². The largest absolute Gasteiger partial charge is 0.379 e. The summed E-state index contributed by atoms with van der Waals surface area (Å²) in [6, 6.07) is 0.0324. The van der Waals surface area contributed by atoms with E-state index in [1.165, 1.54) is 0 Å². The van der Waals surface area contributed by atoms with Crippen LogP contribution in [-0.4, -0.2) is 29.5 Å². The summed E-state index contributed by atoms with van der Waals surface area (Å²) >= 11 is 6.33. The van der Waals surface area contributed by atoms with E-state index in [9.17, 15) is 0 Å². The predicted octanol–water partition coefficient (Wildman–Crippen LogP) is 3.27. The van der Waals surface area contributed by atoms with Gasteiger partial charge in [0.05, 0.1) is 29.1 Å². The van der Waals surface area contributed by atoms with Crippen molar-refractivity contribution in [3.63, 3.8) is 0 Å². The van der Waals surface area contributed by atoms with Gasteiger partial charge in [0.2, 0.25) is 0 Å². The molecule has 0 aromatic carbocycles. The lowest BCUT2D eigenvalue weighted by molar-refractivity contribution is -0.0136. The van der Waals surface area contributed by atoms with Crippen molar-refractivity contribution in [3.05, 3.63) is 16.9 Å². The van der Waals surface area contributed by atoms with Crippen molar-refractivity contribution in [2.75, 3.05) is 13.7 Å². The molecule has 0 spiro atoms. The third-order valence-corrected chi connectivity index (χ3v) is 3.55. The van der Waals surface area contributed by atoms with Crippen LogP contribution in [0.5, 0.6) is 0 Å². The molecule has 0 aliphatic heterocycles. The number of aromatic nitrogens is 2. The van der Waals surface area contributed by atoms with Gasteiger partial charge in [-0.2, -0.15) is 5.10 Å². The Morgan fingerprint density at radius 3 is 2.47 bits per heavy atom. The molecule has 2 unspecified atom stereocenters. The summed E-state index contributed by atoms with van der Waals surface area (Å²) in [7, 11) is 1.75. The van der Waals surface area contributed by atoms with Gasteiger partial charge in [0.15, 0.2) is 0 Å². The quantitative estimate of drug-likeness (QED) is 0.873. The Morgan fingerprint density at radius 1 is 1.42 bits per heavy atom. The summed E-state index contributed by atoms with van der Waals surface area (Å²) in [5.74, 6) is 0. The van der Waals surface area contributed by atoms with Crippen molar-refractivity contribution in [1.29, 1.82) is 0 Å². The van der Waals surface area contributed by atoms with E-state index in [0.717, 1.165) is 18.8 Å². The molecule has 4 nitrogen and oxygen atoms in total. The monoisotopic (exact) mass is 287 g/mol. The molecule has 0 aliphatic rings. The minimum absolute atomic E-state index is 0.00770. The molecule has 0 bridgehead atoms. The minimum atomic E-state index is 0.00770. The number of nitrogens with zero attached hydrogens (tertiary/aromatic N) is 2. The normalized spacial score (nSPS) is 15.5. The van der Waals surface area contributed by atoms with E-state index in [0.29, 0.717) is 5.02 Å². The fourth-order valence-electron chi connectivity index (χ4n) is 2.49. The van der Waals surface area contributed by atoms with Crippen LogP contribution in [0.3, 0.4) is 0 Å². The molecule has 0 saturated heterocycles. The minimum Gasteiger partial charge on any atom is -0.379 e. The predicted molar refractivity (Wildman–Crippen MR) is 79.6 cm³/mol. The molecule has 2 atom stereocenters. The van der Waals surface area contributed by atoms with E-state index >= 15 is 0 Å². The maximum Gasteiger partial charge on any atom is 0.0835 e. The van der Waals surface area contributed by atoms with Gasteiger partial charge in [-0.1, -0.05) is 39.3 Å². The maximum absolute atomic E-state index is 6.33. The molecule has 0 fully saturated rings. The molecule has 1 aromatic heterocycles. The standard InChI is InChI=1S/C14H26ClN3O/c1-7-16-11(13(19-6)14(3,4)5)12-10(15)9-17-18(12)8-2/h9,11,13,16H,7-8H2,1-6H3. The Morgan fingerprint density at radius 2 is 2.05 bits per heavy atom. The first-order chi connectivity index (χ1) is 8.86. The Kier molecular flexibility index (Phi) is 5.83. The lowest BCUT2D eigenvalue weighted by Crippen LogP contribution is -2.42. The fraction of sp³-hybridized carbons (Fsp3) is 0.786. The number of nitrogens with one attached hydrogen (secondary N) is 1. The highest BCUT2D eigenvalue weighted by molar-refractivity contribution is 6.31. The zero-order valence-corrected chi connectivity index (χ0v) is 13.6. The van der Waals surface area contributed by atoms with E-state index in [-0.39, 0.29) is 17.6 Å². The third-order valence-electron chi connectivity index (χ3n) is 3.26. The van der Waals surface area contributed by atoms with Gasteiger partial charge >= 0.3 is 0 Å². The van der Waals surface area contributed by atoms with Crippen LogP contribution < -0.4 is 5.32 Å². The third kappa shape index (κ3) is 3.71. The van der Waals surface area contributed by atoms with Gasteiger partial charge in [-0.15, -0.1) is 0 Å². The van der Waals surface area contributed by atoms with E-state index in [2.05, 4.69) is 45.0 Å². The van der Waals surface area contributed by atoms with Gasteiger partial charge in [-0.3, -0.25) is 4.68 Å². The number of hydrogen-bond acceptors (Lipinski definition) is 3. The van der Waals surface area contributed by atoms with E-state index < -0.39 is 0 Å². The molecule has 0 saturated carbocycles. The van der Waals surface area contributed by atoms with Gasteiger partial charge in [0.25, 0.3) is 0 Å².